The van der Waals surface area contributed by atoms with Gasteiger partial charge < -0.3 is 9.47 Å². The summed E-state index contributed by atoms with van der Waals surface area (Å²) in [6.45, 7) is 7.14. The maximum Gasteiger partial charge on any atom is 0.191 e. The molecular formula is C11H15BrO2. The first-order valence-electron chi connectivity index (χ1n) is 4.67. The van der Waals surface area contributed by atoms with Crippen molar-refractivity contribution in [1.82, 2.24) is 0 Å². The van der Waals surface area contributed by atoms with Crippen molar-refractivity contribution in [1.29, 1.82) is 0 Å². The Bertz CT molecular complexity index is 256. The van der Waals surface area contributed by atoms with Crippen molar-refractivity contribution >= 4 is 15.9 Å². The molecule has 1 aliphatic heterocycles. The monoisotopic (exact) mass is 258 g/mol. The van der Waals surface area contributed by atoms with Crippen LogP contribution in [0.4, 0.5) is 0 Å². The van der Waals surface area contributed by atoms with Crippen LogP contribution in [-0.4, -0.2) is 24.3 Å². The molecule has 0 aliphatic carbocycles. The molecule has 1 fully saturated rings. The van der Waals surface area contributed by atoms with Gasteiger partial charge in [0.05, 0.1) is 18.5 Å². The van der Waals surface area contributed by atoms with Crippen molar-refractivity contribution in [3.63, 3.8) is 0 Å². The summed E-state index contributed by atoms with van der Waals surface area (Å²) in [4.78, 5) is 0. The highest BCUT2D eigenvalue weighted by Crippen LogP contribution is 2.31. The van der Waals surface area contributed by atoms with Crippen LogP contribution in [0, 0.1) is 11.8 Å². The zero-order valence-corrected chi connectivity index (χ0v) is 10.0. The van der Waals surface area contributed by atoms with E-state index in [1.165, 1.54) is 0 Å². The number of alkyl halides is 1. The molecule has 0 amide bonds. The van der Waals surface area contributed by atoms with E-state index < -0.39 is 5.79 Å². The van der Waals surface area contributed by atoms with Gasteiger partial charge in [-0.15, -0.1) is 5.92 Å². The Labute approximate surface area is 93.8 Å². The molecule has 3 heteroatoms. The quantitative estimate of drug-likeness (QED) is 0.440. The molecule has 0 N–H and O–H groups in total. The zero-order valence-electron chi connectivity index (χ0n) is 8.44. The molecule has 0 radical (unpaired) electrons. The van der Waals surface area contributed by atoms with E-state index in [4.69, 9.17) is 9.47 Å². The smallest absolute Gasteiger partial charge is 0.191 e. The highest BCUT2D eigenvalue weighted by Gasteiger charge is 2.36. The van der Waals surface area contributed by atoms with E-state index in [9.17, 15) is 0 Å². The lowest BCUT2D eigenvalue weighted by Crippen LogP contribution is -2.30. The zero-order chi connectivity index (χ0) is 10.4. The van der Waals surface area contributed by atoms with Gasteiger partial charge in [0.25, 0.3) is 0 Å². The number of hydrogen-bond acceptors (Lipinski definition) is 2. The highest BCUT2D eigenvalue weighted by atomic mass is 79.9. The summed E-state index contributed by atoms with van der Waals surface area (Å²) >= 11 is 3.25. The third kappa shape index (κ3) is 2.84. The highest BCUT2D eigenvalue weighted by molar-refractivity contribution is 9.09. The summed E-state index contributed by atoms with van der Waals surface area (Å²) in [7, 11) is 0. The lowest BCUT2D eigenvalue weighted by Gasteiger charge is -2.26. The molecule has 0 saturated carbocycles. The molecule has 1 aliphatic rings. The maximum absolute atomic E-state index is 5.58. The third-order valence-corrected chi connectivity index (χ3v) is 2.46. The van der Waals surface area contributed by atoms with Crippen molar-refractivity contribution in [3.05, 3.63) is 12.2 Å². The molecule has 1 saturated heterocycles. The van der Waals surface area contributed by atoms with E-state index >= 15 is 0 Å². The van der Waals surface area contributed by atoms with E-state index in [-0.39, 0.29) is 0 Å². The third-order valence-electron chi connectivity index (χ3n) is 2.17. The summed E-state index contributed by atoms with van der Waals surface area (Å²) < 4.78 is 11.2. The van der Waals surface area contributed by atoms with Gasteiger partial charge in [0, 0.05) is 12.8 Å². The largest absolute Gasteiger partial charge is 0.344 e. The number of ether oxygens (including phenoxy) is 2. The fourth-order valence-electron chi connectivity index (χ4n) is 1.42. The first kappa shape index (κ1) is 11.8. The second-order valence-electron chi connectivity index (χ2n) is 3.22. The molecule has 0 aromatic heterocycles. The molecule has 1 rings (SSSR count). The van der Waals surface area contributed by atoms with Gasteiger partial charge in [-0.1, -0.05) is 28.4 Å². The van der Waals surface area contributed by atoms with Crippen LogP contribution < -0.4 is 0 Å². The summed E-state index contributed by atoms with van der Waals surface area (Å²) in [5.41, 5.74) is 0.927. The minimum Gasteiger partial charge on any atom is -0.344 e. The first-order valence-corrected chi connectivity index (χ1v) is 5.79. The molecule has 0 atom stereocenters. The molecule has 0 aromatic carbocycles. The predicted molar refractivity (Wildman–Crippen MR) is 60.3 cm³/mol. The van der Waals surface area contributed by atoms with E-state index in [0.717, 1.165) is 23.7 Å². The summed E-state index contributed by atoms with van der Waals surface area (Å²) in [5, 5.41) is 0.717. The maximum atomic E-state index is 5.58. The number of halogens is 1. The standard InChI is InChI=1S/C11H15BrO2/c1-10(2)11(13-8-9-14-11)6-4-3-5-7-12/h1,4,6-9H2,2H3. The van der Waals surface area contributed by atoms with Gasteiger partial charge in [-0.2, -0.15) is 0 Å². The number of hydrogen-bond donors (Lipinski definition) is 0. The Hall–Kier alpha value is -0.300. The lowest BCUT2D eigenvalue weighted by atomic mass is 10.0. The molecule has 14 heavy (non-hydrogen) atoms. The van der Waals surface area contributed by atoms with E-state index in [0.29, 0.717) is 13.2 Å². The van der Waals surface area contributed by atoms with Gasteiger partial charge in [0.1, 0.15) is 0 Å². The van der Waals surface area contributed by atoms with E-state index in [1.54, 1.807) is 0 Å². The second-order valence-corrected chi connectivity index (χ2v) is 3.78. The van der Waals surface area contributed by atoms with Crippen LogP contribution in [0.25, 0.3) is 0 Å². The van der Waals surface area contributed by atoms with Crippen LogP contribution >= 0.6 is 15.9 Å². The van der Waals surface area contributed by atoms with Crippen LogP contribution in [0.3, 0.4) is 0 Å². The van der Waals surface area contributed by atoms with E-state index in [2.05, 4.69) is 34.3 Å². The number of rotatable bonds is 3. The summed E-state index contributed by atoms with van der Waals surface area (Å²) in [6, 6.07) is 0. The molecule has 78 valence electrons. The fourth-order valence-corrected chi connectivity index (χ4v) is 1.62. The Balaban J connectivity index is 2.48. The topological polar surface area (TPSA) is 18.5 Å². The molecule has 0 spiro atoms. The Morgan fingerprint density at radius 2 is 2.07 bits per heavy atom. The summed E-state index contributed by atoms with van der Waals surface area (Å²) in [6.07, 6.45) is 1.54. The van der Waals surface area contributed by atoms with Crippen molar-refractivity contribution in [2.24, 2.45) is 0 Å². The Morgan fingerprint density at radius 1 is 1.43 bits per heavy atom. The molecule has 1 heterocycles. The first-order chi connectivity index (χ1) is 6.71. The Kier molecular flexibility index (Phi) is 4.67. The molecule has 2 nitrogen and oxygen atoms in total. The van der Waals surface area contributed by atoms with Crippen LogP contribution in [0.1, 0.15) is 19.8 Å². The van der Waals surface area contributed by atoms with Crippen molar-refractivity contribution in [3.8, 4) is 11.8 Å². The van der Waals surface area contributed by atoms with Gasteiger partial charge in [0.2, 0.25) is 0 Å². The van der Waals surface area contributed by atoms with Crippen LogP contribution in [-0.2, 0) is 9.47 Å². The van der Waals surface area contributed by atoms with Crippen LogP contribution in [0.15, 0.2) is 12.2 Å². The van der Waals surface area contributed by atoms with Crippen molar-refractivity contribution < 1.29 is 9.47 Å². The van der Waals surface area contributed by atoms with Gasteiger partial charge in [0.15, 0.2) is 5.79 Å². The summed E-state index contributed by atoms with van der Waals surface area (Å²) in [5.74, 6) is 5.43. The van der Waals surface area contributed by atoms with Gasteiger partial charge in [-0.05, 0) is 12.5 Å². The predicted octanol–water partition coefficient (Wildman–Crippen LogP) is 2.48. The van der Waals surface area contributed by atoms with E-state index in [1.807, 2.05) is 6.92 Å². The van der Waals surface area contributed by atoms with Crippen molar-refractivity contribution in [2.75, 3.05) is 18.5 Å². The van der Waals surface area contributed by atoms with Crippen LogP contribution in [0.5, 0.6) is 0 Å². The SMILES string of the molecule is C=C(C)C1(CCC#CCBr)OCCO1. The molecular weight excluding hydrogens is 244 g/mol. The van der Waals surface area contributed by atoms with Gasteiger partial charge in [-0.25, -0.2) is 0 Å². The fraction of sp³-hybridized carbons (Fsp3) is 0.636. The average Bonchev–Trinajstić information content (AvgIpc) is 2.62. The molecule has 0 aromatic rings. The average molecular weight is 259 g/mol. The minimum absolute atomic E-state index is 0.568. The molecule has 0 bridgehead atoms. The van der Waals surface area contributed by atoms with Gasteiger partial charge >= 0.3 is 0 Å². The Morgan fingerprint density at radius 3 is 2.57 bits per heavy atom. The van der Waals surface area contributed by atoms with Gasteiger partial charge in [-0.3, -0.25) is 0 Å². The van der Waals surface area contributed by atoms with Crippen LogP contribution in [0.2, 0.25) is 0 Å². The normalized spacial score (nSPS) is 18.7. The lowest BCUT2D eigenvalue weighted by molar-refractivity contribution is -0.129. The second kappa shape index (κ2) is 5.55. The van der Waals surface area contributed by atoms with Crippen molar-refractivity contribution in [2.45, 2.75) is 25.6 Å². The minimum atomic E-state index is -0.568. The molecule has 0 unspecified atom stereocenters.